The summed E-state index contributed by atoms with van der Waals surface area (Å²) in [5.41, 5.74) is 2.29. The van der Waals surface area contributed by atoms with E-state index in [0.717, 1.165) is 11.1 Å². The summed E-state index contributed by atoms with van der Waals surface area (Å²) >= 11 is 0. The molecule has 0 bridgehead atoms. The molecule has 0 radical (unpaired) electrons. The van der Waals surface area contributed by atoms with Gasteiger partial charge >= 0.3 is 0 Å². The third kappa shape index (κ3) is 2.78. The first kappa shape index (κ1) is 13.8. The number of phenolic OH excluding ortho intramolecular Hbond substituents is 2. The maximum atomic E-state index is 10.1. The summed E-state index contributed by atoms with van der Waals surface area (Å²) in [4.78, 5) is 3.98. The van der Waals surface area contributed by atoms with Crippen LogP contribution in [0.5, 0.6) is 11.5 Å². The maximum Gasteiger partial charge on any atom is 0.143 e. The summed E-state index contributed by atoms with van der Waals surface area (Å²) in [6.07, 6.45) is 3.34. The van der Waals surface area contributed by atoms with E-state index in [1.165, 1.54) is 6.07 Å². The third-order valence-corrected chi connectivity index (χ3v) is 3.15. The van der Waals surface area contributed by atoms with Crippen molar-refractivity contribution < 1.29 is 10.2 Å². The fourth-order valence-electron chi connectivity index (χ4n) is 2.05. The number of benzene rings is 2. The quantitative estimate of drug-likeness (QED) is 0.693. The summed E-state index contributed by atoms with van der Waals surface area (Å²) < 4.78 is 0. The molecule has 0 saturated heterocycles. The molecule has 1 aromatic heterocycles. The van der Waals surface area contributed by atoms with E-state index in [1.54, 1.807) is 42.7 Å². The number of aromatic hydroxyl groups is 2. The van der Waals surface area contributed by atoms with E-state index < -0.39 is 0 Å². The highest BCUT2D eigenvalue weighted by Gasteiger charge is 2.09. The first-order chi connectivity index (χ1) is 10.8. The number of phenols is 2. The van der Waals surface area contributed by atoms with E-state index in [2.05, 4.69) is 15.2 Å². The normalized spacial score (nSPS) is 10.9. The van der Waals surface area contributed by atoms with Crippen molar-refractivity contribution in [3.8, 4) is 22.6 Å². The maximum absolute atomic E-state index is 10.1. The Bertz CT molecular complexity index is 817. The predicted octanol–water partition coefficient (Wildman–Crippen LogP) is 4.58. The fraction of sp³-hybridized carbons (Fsp3) is 0. The Labute approximate surface area is 127 Å². The molecule has 0 fully saturated rings. The van der Waals surface area contributed by atoms with Gasteiger partial charge < -0.3 is 10.2 Å². The predicted molar refractivity (Wildman–Crippen MR) is 83.6 cm³/mol. The molecule has 2 N–H and O–H groups in total. The first-order valence-corrected chi connectivity index (χ1v) is 6.68. The zero-order valence-corrected chi connectivity index (χ0v) is 11.6. The van der Waals surface area contributed by atoms with Crippen molar-refractivity contribution >= 4 is 11.4 Å². The molecule has 5 heteroatoms. The van der Waals surface area contributed by atoms with Crippen molar-refractivity contribution in [2.24, 2.45) is 10.2 Å². The van der Waals surface area contributed by atoms with Crippen LogP contribution in [0.4, 0.5) is 11.4 Å². The van der Waals surface area contributed by atoms with Crippen molar-refractivity contribution in [2.75, 3.05) is 0 Å². The van der Waals surface area contributed by atoms with Crippen LogP contribution in [0.25, 0.3) is 11.1 Å². The average molecular weight is 291 g/mol. The standard InChI is InChI=1S/C17H13N3O2/c21-15-6-2-1-5-14(15)19-20-17-13(4-3-7-16(17)22)12-8-10-18-11-9-12/h1-11,21-22H. The summed E-state index contributed by atoms with van der Waals surface area (Å²) in [5, 5.41) is 27.9. The van der Waals surface area contributed by atoms with Gasteiger partial charge in [0.1, 0.15) is 22.9 Å². The Balaban J connectivity index is 2.06. The van der Waals surface area contributed by atoms with Gasteiger partial charge in [-0.3, -0.25) is 4.98 Å². The number of aromatic nitrogens is 1. The van der Waals surface area contributed by atoms with Gasteiger partial charge in [0, 0.05) is 18.0 Å². The van der Waals surface area contributed by atoms with Gasteiger partial charge in [-0.15, -0.1) is 10.2 Å². The van der Waals surface area contributed by atoms with Crippen molar-refractivity contribution in [3.05, 3.63) is 67.0 Å². The summed E-state index contributed by atoms with van der Waals surface area (Å²) in [6, 6.07) is 15.4. The highest BCUT2D eigenvalue weighted by molar-refractivity contribution is 5.79. The molecular formula is C17H13N3O2. The van der Waals surface area contributed by atoms with Crippen molar-refractivity contribution in [2.45, 2.75) is 0 Å². The number of azo groups is 1. The second-order valence-electron chi connectivity index (χ2n) is 4.60. The molecule has 0 saturated carbocycles. The molecule has 0 unspecified atom stereocenters. The minimum atomic E-state index is 0.0217. The van der Waals surface area contributed by atoms with Crippen molar-refractivity contribution in [1.29, 1.82) is 0 Å². The van der Waals surface area contributed by atoms with Gasteiger partial charge in [0.15, 0.2) is 0 Å². The number of rotatable bonds is 3. The molecule has 0 aliphatic carbocycles. The highest BCUT2D eigenvalue weighted by Crippen LogP contribution is 2.39. The largest absolute Gasteiger partial charge is 0.506 e. The second kappa shape index (κ2) is 6.05. The van der Waals surface area contributed by atoms with Crippen molar-refractivity contribution in [3.63, 3.8) is 0 Å². The Morgan fingerprint density at radius 3 is 2.23 bits per heavy atom. The number of hydrogen-bond donors (Lipinski definition) is 2. The first-order valence-electron chi connectivity index (χ1n) is 6.68. The lowest BCUT2D eigenvalue weighted by molar-refractivity contribution is 0.474. The topological polar surface area (TPSA) is 78.1 Å². The van der Waals surface area contributed by atoms with Crippen molar-refractivity contribution in [1.82, 2.24) is 4.98 Å². The molecule has 0 aliphatic heterocycles. The number of para-hydroxylation sites is 1. The van der Waals surface area contributed by atoms with E-state index in [-0.39, 0.29) is 11.5 Å². The molecule has 108 valence electrons. The number of pyridine rings is 1. The van der Waals surface area contributed by atoms with Gasteiger partial charge in [-0.05, 0) is 35.9 Å². The van der Waals surface area contributed by atoms with Gasteiger partial charge in [0.2, 0.25) is 0 Å². The molecule has 22 heavy (non-hydrogen) atoms. The van der Waals surface area contributed by atoms with Crippen LogP contribution < -0.4 is 0 Å². The van der Waals surface area contributed by atoms with Crippen LogP contribution in [-0.4, -0.2) is 15.2 Å². The van der Waals surface area contributed by atoms with E-state index in [1.807, 2.05) is 18.2 Å². The van der Waals surface area contributed by atoms with Crippen LogP contribution in [0, 0.1) is 0 Å². The molecule has 5 nitrogen and oxygen atoms in total. The van der Waals surface area contributed by atoms with Gasteiger partial charge in [0.25, 0.3) is 0 Å². The van der Waals surface area contributed by atoms with Gasteiger partial charge in [-0.25, -0.2) is 0 Å². The number of hydrogen-bond acceptors (Lipinski definition) is 5. The minimum absolute atomic E-state index is 0.0217. The van der Waals surface area contributed by atoms with Crippen LogP contribution in [-0.2, 0) is 0 Å². The van der Waals surface area contributed by atoms with Crippen LogP contribution >= 0.6 is 0 Å². The molecule has 0 spiro atoms. The van der Waals surface area contributed by atoms with E-state index in [4.69, 9.17) is 0 Å². The monoisotopic (exact) mass is 291 g/mol. The SMILES string of the molecule is Oc1ccccc1N=Nc1c(O)cccc1-c1ccncc1. The third-order valence-electron chi connectivity index (χ3n) is 3.15. The van der Waals surface area contributed by atoms with E-state index in [9.17, 15) is 10.2 Å². The smallest absolute Gasteiger partial charge is 0.143 e. The van der Waals surface area contributed by atoms with Crippen LogP contribution in [0.1, 0.15) is 0 Å². The summed E-state index contributed by atoms with van der Waals surface area (Å²) in [5.74, 6) is 0.0561. The van der Waals surface area contributed by atoms with Crippen LogP contribution in [0.15, 0.2) is 77.2 Å². The molecule has 0 aliphatic rings. The Morgan fingerprint density at radius 2 is 1.45 bits per heavy atom. The second-order valence-corrected chi connectivity index (χ2v) is 4.60. The minimum Gasteiger partial charge on any atom is -0.506 e. The lowest BCUT2D eigenvalue weighted by atomic mass is 10.0. The molecule has 1 heterocycles. The van der Waals surface area contributed by atoms with E-state index in [0.29, 0.717) is 11.4 Å². The molecule has 3 aromatic rings. The molecule has 3 rings (SSSR count). The molecule has 0 amide bonds. The molecular weight excluding hydrogens is 278 g/mol. The lowest BCUT2D eigenvalue weighted by Crippen LogP contribution is -1.80. The fourth-order valence-corrected chi connectivity index (χ4v) is 2.05. The highest BCUT2D eigenvalue weighted by atomic mass is 16.3. The number of nitrogens with zero attached hydrogens (tertiary/aromatic N) is 3. The van der Waals surface area contributed by atoms with Gasteiger partial charge in [0.05, 0.1) is 0 Å². The van der Waals surface area contributed by atoms with Gasteiger partial charge in [-0.1, -0.05) is 24.3 Å². The Hall–Kier alpha value is -3.21. The van der Waals surface area contributed by atoms with Crippen LogP contribution in [0.3, 0.4) is 0 Å². The molecule has 2 aromatic carbocycles. The average Bonchev–Trinajstić information content (AvgIpc) is 2.56. The Kier molecular flexibility index (Phi) is 3.78. The van der Waals surface area contributed by atoms with Gasteiger partial charge in [-0.2, -0.15) is 0 Å². The zero-order chi connectivity index (χ0) is 15.4. The summed E-state index contributed by atoms with van der Waals surface area (Å²) in [6.45, 7) is 0. The summed E-state index contributed by atoms with van der Waals surface area (Å²) in [7, 11) is 0. The molecule has 0 atom stereocenters. The van der Waals surface area contributed by atoms with E-state index >= 15 is 0 Å². The Morgan fingerprint density at radius 1 is 0.727 bits per heavy atom. The lowest BCUT2D eigenvalue weighted by Gasteiger charge is -2.06. The zero-order valence-electron chi connectivity index (χ0n) is 11.6. The van der Waals surface area contributed by atoms with Crippen LogP contribution in [0.2, 0.25) is 0 Å².